The van der Waals surface area contributed by atoms with Gasteiger partial charge in [0.05, 0.1) is 5.75 Å². The van der Waals surface area contributed by atoms with Crippen LogP contribution in [-0.4, -0.2) is 37.0 Å². The van der Waals surface area contributed by atoms with Gasteiger partial charge in [0.25, 0.3) is 0 Å². The highest BCUT2D eigenvalue weighted by atomic mass is 32.2. The topological polar surface area (TPSA) is 75.2 Å². The van der Waals surface area contributed by atoms with E-state index in [2.05, 4.69) is 26.7 Å². The molecule has 0 amide bonds. The molecule has 1 saturated heterocycles. The van der Waals surface area contributed by atoms with Gasteiger partial charge in [-0.2, -0.15) is 0 Å². The van der Waals surface area contributed by atoms with E-state index in [1.165, 1.54) is 19.3 Å². The zero-order valence-corrected chi connectivity index (χ0v) is 13.6. The fourth-order valence-corrected chi connectivity index (χ4v) is 3.81. The summed E-state index contributed by atoms with van der Waals surface area (Å²) in [5, 5.41) is 8.20. The second kappa shape index (κ2) is 7.06. The van der Waals surface area contributed by atoms with Crippen molar-refractivity contribution in [3.63, 3.8) is 0 Å². The van der Waals surface area contributed by atoms with Crippen LogP contribution >= 0.6 is 0 Å². The molecule has 1 aromatic heterocycles. The summed E-state index contributed by atoms with van der Waals surface area (Å²) in [5.74, 6) is 1.22. The summed E-state index contributed by atoms with van der Waals surface area (Å²) in [4.78, 5) is 2.28. The Balaban J connectivity index is 2.08. The first-order chi connectivity index (χ1) is 10.1. The second-order valence-electron chi connectivity index (χ2n) is 5.45. The smallest absolute Gasteiger partial charge is 0.233 e. The molecule has 1 aliphatic rings. The Morgan fingerprint density at radius 3 is 2.71 bits per heavy atom. The minimum Gasteiger partial charge on any atom is -0.352 e. The molecule has 1 unspecified atom stereocenters. The van der Waals surface area contributed by atoms with Crippen LogP contribution in [0.3, 0.4) is 0 Å². The maximum atomic E-state index is 11.7. The van der Waals surface area contributed by atoms with Crippen molar-refractivity contribution in [1.82, 2.24) is 10.2 Å². The lowest BCUT2D eigenvalue weighted by molar-refractivity contribution is 0.445. The van der Waals surface area contributed by atoms with Gasteiger partial charge >= 0.3 is 0 Å². The third kappa shape index (κ3) is 4.30. The van der Waals surface area contributed by atoms with E-state index in [0.717, 1.165) is 18.8 Å². The molecule has 0 radical (unpaired) electrons. The molecule has 1 N–H and O–H groups in total. The van der Waals surface area contributed by atoms with Crippen molar-refractivity contribution >= 4 is 21.7 Å². The molecule has 0 aromatic carbocycles. The number of rotatable bonds is 6. The van der Waals surface area contributed by atoms with Gasteiger partial charge in [-0.25, -0.2) is 8.42 Å². The van der Waals surface area contributed by atoms with E-state index >= 15 is 0 Å². The summed E-state index contributed by atoms with van der Waals surface area (Å²) in [6, 6.07) is 4.05. The largest absolute Gasteiger partial charge is 0.352 e. The van der Waals surface area contributed by atoms with Gasteiger partial charge in [-0.3, -0.25) is 4.72 Å². The third-order valence-electron chi connectivity index (χ3n) is 3.78. The Hall–Kier alpha value is -1.37. The summed E-state index contributed by atoms with van der Waals surface area (Å²) < 4.78 is 25.8. The summed E-state index contributed by atoms with van der Waals surface area (Å²) >= 11 is 0. The molecule has 1 aromatic rings. The van der Waals surface area contributed by atoms with Crippen LogP contribution in [0.1, 0.15) is 46.0 Å². The SMILES string of the molecule is CCCS(=O)(=O)Nc1ccc(N2CCCCC2CC)nn1. The van der Waals surface area contributed by atoms with E-state index in [9.17, 15) is 8.42 Å². The molecule has 118 valence electrons. The number of anilines is 2. The second-order valence-corrected chi connectivity index (χ2v) is 7.29. The molecule has 0 aliphatic carbocycles. The Labute approximate surface area is 127 Å². The third-order valence-corrected chi connectivity index (χ3v) is 5.24. The Kier molecular flexibility index (Phi) is 5.39. The molecule has 2 heterocycles. The quantitative estimate of drug-likeness (QED) is 0.873. The van der Waals surface area contributed by atoms with Gasteiger partial charge in [0.2, 0.25) is 10.0 Å². The fourth-order valence-electron chi connectivity index (χ4n) is 2.74. The number of hydrogen-bond acceptors (Lipinski definition) is 5. The Morgan fingerprint density at radius 1 is 1.29 bits per heavy atom. The lowest BCUT2D eigenvalue weighted by atomic mass is 10.0. The Bertz CT molecular complexity index is 545. The first-order valence-electron chi connectivity index (χ1n) is 7.66. The molecule has 1 fully saturated rings. The summed E-state index contributed by atoms with van der Waals surface area (Å²) in [6.07, 6.45) is 5.28. The Morgan fingerprint density at radius 2 is 2.10 bits per heavy atom. The maximum Gasteiger partial charge on any atom is 0.233 e. The van der Waals surface area contributed by atoms with Gasteiger partial charge in [0.15, 0.2) is 11.6 Å². The monoisotopic (exact) mass is 312 g/mol. The fraction of sp³-hybridized carbons (Fsp3) is 0.714. The normalized spacial score (nSPS) is 19.5. The standard InChI is InChI=1S/C14H24N4O2S/c1-3-11-21(19,20)17-13-8-9-14(16-15-13)18-10-6-5-7-12(18)4-2/h8-9,12H,3-7,10-11H2,1-2H3,(H,15,17). The van der Waals surface area contributed by atoms with Gasteiger partial charge in [-0.15, -0.1) is 10.2 Å². The zero-order valence-electron chi connectivity index (χ0n) is 12.7. The lowest BCUT2D eigenvalue weighted by Gasteiger charge is -2.35. The number of hydrogen-bond donors (Lipinski definition) is 1. The van der Waals surface area contributed by atoms with Crippen molar-refractivity contribution < 1.29 is 8.42 Å². The zero-order chi connectivity index (χ0) is 15.3. The minimum absolute atomic E-state index is 0.0977. The van der Waals surface area contributed by atoms with Gasteiger partial charge in [0.1, 0.15) is 0 Å². The van der Waals surface area contributed by atoms with E-state index in [1.807, 2.05) is 13.0 Å². The van der Waals surface area contributed by atoms with E-state index in [1.54, 1.807) is 6.07 Å². The number of nitrogens with zero attached hydrogens (tertiary/aromatic N) is 3. The van der Waals surface area contributed by atoms with Crippen LogP contribution in [0.2, 0.25) is 0 Å². The predicted octanol–water partition coefficient (Wildman–Crippen LogP) is 2.40. The minimum atomic E-state index is -3.30. The van der Waals surface area contributed by atoms with Crippen molar-refractivity contribution in [2.24, 2.45) is 0 Å². The maximum absolute atomic E-state index is 11.7. The van der Waals surface area contributed by atoms with Crippen LogP contribution in [0, 0.1) is 0 Å². The van der Waals surface area contributed by atoms with Crippen molar-refractivity contribution in [2.45, 2.75) is 52.0 Å². The van der Waals surface area contributed by atoms with Crippen molar-refractivity contribution in [3.8, 4) is 0 Å². The van der Waals surface area contributed by atoms with E-state index in [-0.39, 0.29) is 11.6 Å². The van der Waals surface area contributed by atoms with E-state index in [4.69, 9.17) is 0 Å². The van der Waals surface area contributed by atoms with Gasteiger partial charge in [-0.1, -0.05) is 13.8 Å². The molecule has 21 heavy (non-hydrogen) atoms. The molecule has 7 heteroatoms. The molecular weight excluding hydrogens is 288 g/mol. The van der Waals surface area contributed by atoms with Crippen LogP contribution in [0.15, 0.2) is 12.1 Å². The average Bonchev–Trinajstić information content (AvgIpc) is 2.47. The van der Waals surface area contributed by atoms with Gasteiger partial charge in [0, 0.05) is 12.6 Å². The summed E-state index contributed by atoms with van der Waals surface area (Å²) in [6.45, 7) is 5.01. The first-order valence-corrected chi connectivity index (χ1v) is 9.32. The molecular formula is C14H24N4O2S. The van der Waals surface area contributed by atoms with Crippen LogP contribution in [0.25, 0.3) is 0 Å². The van der Waals surface area contributed by atoms with Crippen LogP contribution < -0.4 is 9.62 Å². The van der Waals surface area contributed by atoms with Gasteiger partial charge < -0.3 is 4.90 Å². The molecule has 0 saturated carbocycles. The van der Waals surface area contributed by atoms with Crippen molar-refractivity contribution in [3.05, 3.63) is 12.1 Å². The van der Waals surface area contributed by atoms with Crippen molar-refractivity contribution in [1.29, 1.82) is 0 Å². The molecule has 0 bridgehead atoms. The van der Waals surface area contributed by atoms with Crippen LogP contribution in [-0.2, 0) is 10.0 Å². The molecule has 2 rings (SSSR count). The average molecular weight is 312 g/mol. The highest BCUT2D eigenvalue weighted by molar-refractivity contribution is 7.92. The van der Waals surface area contributed by atoms with E-state index < -0.39 is 10.0 Å². The summed E-state index contributed by atoms with van der Waals surface area (Å²) in [5.41, 5.74) is 0. The highest BCUT2D eigenvalue weighted by Crippen LogP contribution is 2.24. The van der Waals surface area contributed by atoms with E-state index in [0.29, 0.717) is 12.5 Å². The lowest BCUT2D eigenvalue weighted by Crippen LogP contribution is -2.39. The van der Waals surface area contributed by atoms with Crippen molar-refractivity contribution in [2.75, 3.05) is 21.9 Å². The highest BCUT2D eigenvalue weighted by Gasteiger charge is 2.22. The number of nitrogens with one attached hydrogen (secondary N) is 1. The molecule has 0 spiro atoms. The summed E-state index contributed by atoms with van der Waals surface area (Å²) in [7, 11) is -3.30. The van der Waals surface area contributed by atoms with Crippen LogP contribution in [0.4, 0.5) is 11.6 Å². The number of aromatic nitrogens is 2. The van der Waals surface area contributed by atoms with Crippen LogP contribution in [0.5, 0.6) is 0 Å². The number of sulfonamides is 1. The molecule has 1 aliphatic heterocycles. The predicted molar refractivity (Wildman–Crippen MR) is 85.0 cm³/mol. The first kappa shape index (κ1) is 16.0. The number of piperidine rings is 1. The molecule has 1 atom stereocenters. The van der Waals surface area contributed by atoms with Gasteiger partial charge in [-0.05, 0) is 44.2 Å². The molecule has 6 nitrogen and oxygen atoms in total.